The molecule has 1 saturated carbocycles. The molecule has 10 heteroatoms. The van der Waals surface area contributed by atoms with Crippen molar-refractivity contribution in [3.8, 4) is 17.0 Å². The Morgan fingerprint density at radius 3 is 2.71 bits per heavy atom. The number of alkyl halides is 2. The Hall–Kier alpha value is -3.40. The Morgan fingerprint density at radius 1 is 1.09 bits per heavy atom. The second-order valence-electron chi connectivity index (χ2n) is 9.58. The molecule has 1 saturated heterocycles. The van der Waals surface area contributed by atoms with E-state index in [1.54, 1.807) is 12.4 Å². The van der Waals surface area contributed by atoms with Crippen LogP contribution in [0.5, 0.6) is 5.88 Å². The van der Waals surface area contributed by atoms with Gasteiger partial charge in [0.15, 0.2) is 0 Å². The van der Waals surface area contributed by atoms with E-state index in [-0.39, 0.29) is 12.1 Å². The molecule has 1 aliphatic carbocycles. The maximum Gasteiger partial charge on any atom is 0.267 e. The third-order valence-electron chi connectivity index (χ3n) is 6.87. The van der Waals surface area contributed by atoms with Crippen molar-refractivity contribution in [2.45, 2.75) is 37.7 Å². The number of anilines is 1. The van der Waals surface area contributed by atoms with E-state index in [0.717, 1.165) is 53.5 Å². The first-order valence-electron chi connectivity index (χ1n) is 12.0. The summed E-state index contributed by atoms with van der Waals surface area (Å²) in [7, 11) is 2.12. The first kappa shape index (κ1) is 22.1. The second kappa shape index (κ2) is 8.67. The van der Waals surface area contributed by atoms with Gasteiger partial charge in [-0.2, -0.15) is 4.98 Å². The van der Waals surface area contributed by atoms with Crippen LogP contribution in [-0.4, -0.2) is 68.5 Å². The van der Waals surface area contributed by atoms with Gasteiger partial charge in [0.2, 0.25) is 11.8 Å². The minimum Gasteiger partial charge on any atom is -0.473 e. The fourth-order valence-electron chi connectivity index (χ4n) is 4.57. The van der Waals surface area contributed by atoms with E-state index in [4.69, 9.17) is 9.72 Å². The standard InChI is InChI=1S/C25H27F2N7O/c1-34-8-6-17(7-9-34)35-22-13-28-20-5-2-15(10-21(20)32-22)18-11-29-23-19(18)12-30-24(33-23)31-14-25(26,27)16-3-4-16/h2,5,10-13,16-17H,3-4,6-9,14H2,1H3,(H2,29,30,31,33). The van der Waals surface area contributed by atoms with Crippen LogP contribution < -0.4 is 10.1 Å². The molecule has 182 valence electrons. The number of hydrogen-bond acceptors (Lipinski definition) is 7. The van der Waals surface area contributed by atoms with Crippen molar-refractivity contribution in [2.24, 2.45) is 5.92 Å². The number of nitrogens with one attached hydrogen (secondary N) is 2. The highest BCUT2D eigenvalue weighted by atomic mass is 19.3. The van der Waals surface area contributed by atoms with Crippen molar-refractivity contribution < 1.29 is 13.5 Å². The highest BCUT2D eigenvalue weighted by Crippen LogP contribution is 2.43. The maximum atomic E-state index is 14.0. The fourth-order valence-corrected chi connectivity index (χ4v) is 4.57. The molecule has 6 rings (SSSR count). The Bertz CT molecular complexity index is 1360. The minimum absolute atomic E-state index is 0.152. The Kier molecular flexibility index (Phi) is 5.47. The number of benzene rings is 1. The first-order chi connectivity index (χ1) is 16.9. The Morgan fingerprint density at radius 2 is 1.91 bits per heavy atom. The number of hydrogen-bond donors (Lipinski definition) is 2. The van der Waals surface area contributed by atoms with E-state index in [0.29, 0.717) is 24.4 Å². The molecule has 8 nitrogen and oxygen atoms in total. The molecule has 0 atom stereocenters. The zero-order valence-corrected chi connectivity index (χ0v) is 19.5. The van der Waals surface area contributed by atoms with Gasteiger partial charge in [-0.15, -0.1) is 0 Å². The van der Waals surface area contributed by atoms with E-state index in [9.17, 15) is 8.78 Å². The maximum absolute atomic E-state index is 14.0. The summed E-state index contributed by atoms with van der Waals surface area (Å²) < 4.78 is 34.1. The third kappa shape index (κ3) is 4.62. The summed E-state index contributed by atoms with van der Waals surface area (Å²) >= 11 is 0. The van der Waals surface area contributed by atoms with Gasteiger partial charge in [-0.3, -0.25) is 0 Å². The van der Waals surface area contributed by atoms with Gasteiger partial charge in [0.05, 0.1) is 23.8 Å². The van der Waals surface area contributed by atoms with E-state index in [2.05, 4.69) is 37.2 Å². The zero-order chi connectivity index (χ0) is 24.0. The van der Waals surface area contributed by atoms with Crippen LogP contribution in [0.15, 0.2) is 36.8 Å². The summed E-state index contributed by atoms with van der Waals surface area (Å²) in [5, 5.41) is 3.49. The van der Waals surface area contributed by atoms with Gasteiger partial charge in [-0.1, -0.05) is 6.07 Å². The summed E-state index contributed by atoms with van der Waals surface area (Å²) in [5.41, 5.74) is 3.93. The van der Waals surface area contributed by atoms with E-state index < -0.39 is 18.4 Å². The van der Waals surface area contributed by atoms with Crippen LogP contribution in [0, 0.1) is 5.92 Å². The predicted molar refractivity (Wildman–Crippen MR) is 130 cm³/mol. The molecule has 4 aromatic rings. The lowest BCUT2D eigenvalue weighted by molar-refractivity contribution is -0.00831. The number of H-pyrrole nitrogens is 1. The normalized spacial score (nSPS) is 17.8. The minimum atomic E-state index is -2.73. The molecule has 1 aliphatic heterocycles. The van der Waals surface area contributed by atoms with Crippen LogP contribution >= 0.6 is 0 Å². The largest absolute Gasteiger partial charge is 0.473 e. The van der Waals surface area contributed by atoms with E-state index >= 15 is 0 Å². The van der Waals surface area contributed by atoms with Crippen molar-refractivity contribution in [3.63, 3.8) is 0 Å². The first-order valence-corrected chi connectivity index (χ1v) is 12.0. The van der Waals surface area contributed by atoms with Gasteiger partial charge in [0.1, 0.15) is 11.8 Å². The molecule has 2 N–H and O–H groups in total. The van der Waals surface area contributed by atoms with Gasteiger partial charge in [0, 0.05) is 42.4 Å². The van der Waals surface area contributed by atoms with Gasteiger partial charge in [-0.05, 0) is 50.4 Å². The number of piperidine rings is 1. The summed E-state index contributed by atoms with van der Waals surface area (Å²) in [6.45, 7) is 1.57. The summed E-state index contributed by atoms with van der Waals surface area (Å²) in [4.78, 5) is 23.3. The number of fused-ring (bicyclic) bond motifs is 2. The molecular formula is C25H27F2N7O. The number of nitrogens with zero attached hydrogens (tertiary/aromatic N) is 5. The number of rotatable bonds is 7. The Balaban J connectivity index is 1.22. The van der Waals surface area contributed by atoms with Gasteiger partial charge in [-0.25, -0.2) is 23.7 Å². The molecule has 0 unspecified atom stereocenters. The monoisotopic (exact) mass is 479 g/mol. The second-order valence-corrected chi connectivity index (χ2v) is 9.58. The smallest absolute Gasteiger partial charge is 0.267 e. The van der Waals surface area contributed by atoms with Crippen molar-refractivity contribution in [1.29, 1.82) is 0 Å². The van der Waals surface area contributed by atoms with Crippen LogP contribution in [0.25, 0.3) is 33.2 Å². The molecule has 4 heterocycles. The topological polar surface area (TPSA) is 91.8 Å². The number of aromatic nitrogens is 5. The lowest BCUT2D eigenvalue weighted by Gasteiger charge is -2.28. The highest BCUT2D eigenvalue weighted by Gasteiger charge is 2.46. The molecule has 2 fully saturated rings. The Labute approximate surface area is 201 Å². The molecule has 1 aromatic carbocycles. The van der Waals surface area contributed by atoms with Gasteiger partial charge >= 0.3 is 0 Å². The molecule has 3 aromatic heterocycles. The van der Waals surface area contributed by atoms with Crippen LogP contribution in [0.1, 0.15) is 25.7 Å². The van der Waals surface area contributed by atoms with Crippen LogP contribution in [-0.2, 0) is 0 Å². The average molecular weight is 480 g/mol. The summed E-state index contributed by atoms with van der Waals surface area (Å²) in [6, 6.07) is 5.86. The lowest BCUT2D eigenvalue weighted by Crippen LogP contribution is -2.35. The van der Waals surface area contributed by atoms with Gasteiger partial charge < -0.3 is 19.9 Å². The van der Waals surface area contributed by atoms with E-state index in [1.165, 1.54) is 0 Å². The highest BCUT2D eigenvalue weighted by molar-refractivity contribution is 5.95. The fraction of sp³-hybridized carbons (Fsp3) is 0.440. The van der Waals surface area contributed by atoms with Gasteiger partial charge in [0.25, 0.3) is 5.92 Å². The molecular weight excluding hydrogens is 452 g/mol. The van der Waals surface area contributed by atoms with Crippen LogP contribution in [0.3, 0.4) is 0 Å². The number of ether oxygens (including phenoxy) is 1. The van der Waals surface area contributed by atoms with E-state index in [1.807, 2.05) is 24.4 Å². The third-order valence-corrected chi connectivity index (χ3v) is 6.87. The average Bonchev–Trinajstić information content (AvgIpc) is 3.65. The summed E-state index contributed by atoms with van der Waals surface area (Å²) in [6.07, 6.45) is 8.44. The summed E-state index contributed by atoms with van der Waals surface area (Å²) in [5.74, 6) is -2.54. The number of halogens is 2. The van der Waals surface area contributed by atoms with Crippen molar-refractivity contribution in [1.82, 2.24) is 29.8 Å². The lowest BCUT2D eigenvalue weighted by atomic mass is 10.1. The van der Waals surface area contributed by atoms with Crippen LogP contribution in [0.4, 0.5) is 14.7 Å². The molecule has 0 bridgehead atoms. The number of likely N-dealkylation sites (tertiary alicyclic amines) is 1. The predicted octanol–water partition coefficient (Wildman–Crippen LogP) is 4.50. The quantitative estimate of drug-likeness (QED) is 0.403. The molecule has 2 aliphatic rings. The molecule has 0 spiro atoms. The van der Waals surface area contributed by atoms with Crippen molar-refractivity contribution in [2.75, 3.05) is 32.0 Å². The number of aromatic amines is 1. The molecule has 0 radical (unpaired) electrons. The molecule has 35 heavy (non-hydrogen) atoms. The molecule has 0 amide bonds. The van der Waals surface area contributed by atoms with Crippen molar-refractivity contribution in [3.05, 3.63) is 36.8 Å². The SMILES string of the molecule is CN1CCC(Oc2cnc3ccc(-c4c[nH]c5nc(NCC(F)(F)C6CC6)ncc45)cc3n2)CC1. The zero-order valence-electron chi connectivity index (χ0n) is 19.5. The van der Waals surface area contributed by atoms with Crippen LogP contribution in [0.2, 0.25) is 0 Å². The van der Waals surface area contributed by atoms with Crippen molar-refractivity contribution >= 4 is 28.0 Å².